The van der Waals surface area contributed by atoms with Crippen molar-refractivity contribution in [2.24, 2.45) is 0 Å². The van der Waals surface area contributed by atoms with E-state index in [1.807, 2.05) is 0 Å². The van der Waals surface area contributed by atoms with Crippen LogP contribution in [0, 0.1) is 0 Å². The van der Waals surface area contributed by atoms with E-state index in [2.05, 4.69) is 10.1 Å². The number of ether oxygens (including phenoxy) is 1. The minimum atomic E-state index is -1.24. The highest BCUT2D eigenvalue weighted by Gasteiger charge is 1.91. The molecule has 0 aliphatic rings. The quantitative estimate of drug-likeness (QED) is 0.633. The predicted molar refractivity (Wildman–Crippen MR) is 44.3 cm³/mol. The van der Waals surface area contributed by atoms with Crippen molar-refractivity contribution in [3.8, 4) is 0 Å². The van der Waals surface area contributed by atoms with Gasteiger partial charge in [0.2, 0.25) is 5.91 Å². The summed E-state index contributed by atoms with van der Waals surface area (Å²) >= 11 is 0. The van der Waals surface area contributed by atoms with E-state index in [0.717, 1.165) is 0 Å². The summed E-state index contributed by atoms with van der Waals surface area (Å²) in [5, 5.41) is 2.56. The number of halogens is 1. The van der Waals surface area contributed by atoms with Gasteiger partial charge in [-0.25, -0.2) is 4.39 Å². The normalized spacial score (nSPS) is 13.2. The third-order valence-corrected chi connectivity index (χ3v) is 1.06. The molecular formula is C8H14FNO2. The minimum absolute atomic E-state index is 0.0839. The van der Waals surface area contributed by atoms with Gasteiger partial charge < -0.3 is 10.1 Å². The van der Waals surface area contributed by atoms with Crippen LogP contribution < -0.4 is 5.32 Å². The van der Waals surface area contributed by atoms with Crippen molar-refractivity contribution in [2.75, 3.05) is 13.2 Å². The highest BCUT2D eigenvalue weighted by atomic mass is 19.1. The maximum Gasteiger partial charge on any atom is 0.217 e. The number of rotatable bonds is 5. The van der Waals surface area contributed by atoms with Gasteiger partial charge in [-0.2, -0.15) is 0 Å². The van der Waals surface area contributed by atoms with Crippen LogP contribution in [-0.2, 0) is 9.53 Å². The van der Waals surface area contributed by atoms with Gasteiger partial charge in [-0.05, 0) is 6.92 Å². The Kier molecular flexibility index (Phi) is 6.28. The van der Waals surface area contributed by atoms with E-state index >= 15 is 0 Å². The first-order valence-electron chi connectivity index (χ1n) is 3.78. The average molecular weight is 175 g/mol. The number of carbonyl (C=O) groups excluding carboxylic acids is 1. The summed E-state index contributed by atoms with van der Waals surface area (Å²) in [5.41, 5.74) is 0. The fourth-order valence-electron chi connectivity index (χ4n) is 0.542. The van der Waals surface area contributed by atoms with Gasteiger partial charge in [0, 0.05) is 13.5 Å². The molecule has 0 aromatic rings. The van der Waals surface area contributed by atoms with Crippen LogP contribution >= 0.6 is 0 Å². The smallest absolute Gasteiger partial charge is 0.217 e. The van der Waals surface area contributed by atoms with Crippen LogP contribution in [0.5, 0.6) is 0 Å². The lowest BCUT2D eigenvalue weighted by Crippen LogP contribution is -2.19. The molecule has 0 radical (unpaired) electrons. The van der Waals surface area contributed by atoms with Gasteiger partial charge >= 0.3 is 0 Å². The topological polar surface area (TPSA) is 38.3 Å². The van der Waals surface area contributed by atoms with Crippen LogP contribution in [0.4, 0.5) is 4.39 Å². The molecular weight excluding hydrogens is 161 g/mol. The van der Waals surface area contributed by atoms with Crippen LogP contribution in [-0.4, -0.2) is 25.4 Å². The number of hydrogen-bond acceptors (Lipinski definition) is 2. The summed E-state index contributed by atoms with van der Waals surface area (Å²) in [7, 11) is 0. The standard InChI is InChI=1S/C8H14FNO2/c1-7(9)12-6-4-3-5-10-8(2)11/h3-4,7H,5-6H2,1-2H3,(H,10,11)/b4-3+. The van der Waals surface area contributed by atoms with Gasteiger partial charge in [0.25, 0.3) is 0 Å². The van der Waals surface area contributed by atoms with Gasteiger partial charge in [-0.15, -0.1) is 0 Å². The number of alkyl halides is 1. The fourth-order valence-corrected chi connectivity index (χ4v) is 0.542. The van der Waals surface area contributed by atoms with Crippen molar-refractivity contribution in [3.63, 3.8) is 0 Å². The molecule has 0 heterocycles. The predicted octanol–water partition coefficient (Wildman–Crippen LogP) is 1.01. The summed E-state index contributed by atoms with van der Waals surface area (Å²) in [4.78, 5) is 10.3. The Bertz CT molecular complexity index is 157. The molecule has 4 heteroatoms. The average Bonchev–Trinajstić information content (AvgIpc) is 1.95. The van der Waals surface area contributed by atoms with Crippen molar-refractivity contribution in [3.05, 3.63) is 12.2 Å². The molecule has 0 fully saturated rings. The van der Waals surface area contributed by atoms with Gasteiger partial charge in [-0.1, -0.05) is 12.2 Å². The third kappa shape index (κ3) is 9.10. The molecule has 0 rings (SSSR count). The first kappa shape index (κ1) is 11.1. The van der Waals surface area contributed by atoms with E-state index in [9.17, 15) is 9.18 Å². The Morgan fingerprint density at radius 1 is 1.67 bits per heavy atom. The Labute approximate surface area is 71.6 Å². The molecule has 0 saturated carbocycles. The SMILES string of the molecule is CC(=O)NC/C=C/COC(C)F. The van der Waals surface area contributed by atoms with Crippen LogP contribution in [0.25, 0.3) is 0 Å². The van der Waals surface area contributed by atoms with Crippen molar-refractivity contribution in [1.82, 2.24) is 5.32 Å². The van der Waals surface area contributed by atoms with E-state index in [-0.39, 0.29) is 12.5 Å². The lowest BCUT2D eigenvalue weighted by molar-refractivity contribution is -0.118. The molecule has 0 aromatic carbocycles. The van der Waals surface area contributed by atoms with E-state index in [1.54, 1.807) is 12.2 Å². The fraction of sp³-hybridized carbons (Fsp3) is 0.625. The van der Waals surface area contributed by atoms with E-state index in [1.165, 1.54) is 13.8 Å². The second-order valence-corrected chi connectivity index (χ2v) is 2.28. The molecule has 0 aromatic heterocycles. The summed E-state index contributed by atoms with van der Waals surface area (Å²) in [6, 6.07) is 0. The van der Waals surface area contributed by atoms with Gasteiger partial charge in [0.15, 0.2) is 6.36 Å². The van der Waals surface area contributed by atoms with Crippen molar-refractivity contribution < 1.29 is 13.9 Å². The van der Waals surface area contributed by atoms with Gasteiger partial charge in [0.05, 0.1) is 6.61 Å². The van der Waals surface area contributed by atoms with E-state index < -0.39 is 6.36 Å². The summed E-state index contributed by atoms with van der Waals surface area (Å²) < 4.78 is 16.6. The zero-order valence-electron chi connectivity index (χ0n) is 7.34. The highest BCUT2D eigenvalue weighted by molar-refractivity contribution is 5.72. The zero-order chi connectivity index (χ0) is 9.40. The van der Waals surface area contributed by atoms with Crippen LogP contribution in [0.1, 0.15) is 13.8 Å². The molecule has 0 saturated heterocycles. The number of hydrogen-bond donors (Lipinski definition) is 1. The third-order valence-electron chi connectivity index (χ3n) is 1.06. The molecule has 1 amide bonds. The number of amides is 1. The highest BCUT2D eigenvalue weighted by Crippen LogP contribution is 1.89. The minimum Gasteiger partial charge on any atom is -0.353 e. The maximum absolute atomic E-state index is 12.0. The molecule has 1 N–H and O–H groups in total. The summed E-state index contributed by atoms with van der Waals surface area (Å²) in [6.07, 6.45) is 2.13. The van der Waals surface area contributed by atoms with E-state index in [4.69, 9.17) is 0 Å². The van der Waals surface area contributed by atoms with Crippen LogP contribution in [0.15, 0.2) is 12.2 Å². The van der Waals surface area contributed by atoms with Gasteiger partial charge in [0.1, 0.15) is 0 Å². The molecule has 3 nitrogen and oxygen atoms in total. The molecule has 70 valence electrons. The van der Waals surface area contributed by atoms with Crippen LogP contribution in [0.3, 0.4) is 0 Å². The second-order valence-electron chi connectivity index (χ2n) is 2.28. The largest absolute Gasteiger partial charge is 0.353 e. The molecule has 1 atom stereocenters. The Balaban J connectivity index is 3.20. The summed E-state index contributed by atoms with van der Waals surface area (Å²) in [6.45, 7) is 3.45. The number of carbonyl (C=O) groups is 1. The molecule has 0 bridgehead atoms. The Hall–Kier alpha value is -0.900. The van der Waals surface area contributed by atoms with Crippen molar-refractivity contribution >= 4 is 5.91 Å². The molecule has 12 heavy (non-hydrogen) atoms. The van der Waals surface area contributed by atoms with Crippen LogP contribution in [0.2, 0.25) is 0 Å². The summed E-state index contributed by atoms with van der Waals surface area (Å²) in [5.74, 6) is -0.0839. The zero-order valence-corrected chi connectivity index (χ0v) is 7.34. The first-order chi connectivity index (χ1) is 5.63. The first-order valence-corrected chi connectivity index (χ1v) is 3.78. The Morgan fingerprint density at radius 2 is 2.33 bits per heavy atom. The monoisotopic (exact) mass is 175 g/mol. The Morgan fingerprint density at radius 3 is 2.83 bits per heavy atom. The molecule has 0 spiro atoms. The lowest BCUT2D eigenvalue weighted by Gasteiger charge is -1.99. The van der Waals surface area contributed by atoms with Crippen molar-refractivity contribution in [1.29, 1.82) is 0 Å². The molecule has 1 unspecified atom stereocenters. The second kappa shape index (κ2) is 6.79. The molecule has 0 aliphatic heterocycles. The lowest BCUT2D eigenvalue weighted by atomic mass is 10.5. The van der Waals surface area contributed by atoms with Gasteiger partial charge in [-0.3, -0.25) is 4.79 Å². The van der Waals surface area contributed by atoms with E-state index in [0.29, 0.717) is 6.54 Å². The van der Waals surface area contributed by atoms with Crippen molar-refractivity contribution in [2.45, 2.75) is 20.2 Å². The molecule has 0 aliphatic carbocycles. The number of nitrogens with one attached hydrogen (secondary N) is 1. The maximum atomic E-state index is 12.0.